The molecule has 1 aromatic rings. The van der Waals surface area contributed by atoms with Gasteiger partial charge in [0.1, 0.15) is 5.75 Å². The third-order valence-corrected chi connectivity index (χ3v) is 2.50. The van der Waals surface area contributed by atoms with Crippen molar-refractivity contribution >= 4 is 11.6 Å². The van der Waals surface area contributed by atoms with Crippen LogP contribution in [-0.4, -0.2) is 35.7 Å². The molecule has 0 saturated carbocycles. The molecule has 0 aliphatic heterocycles. The molecule has 0 aliphatic carbocycles. The van der Waals surface area contributed by atoms with Gasteiger partial charge < -0.3 is 15.2 Å². The van der Waals surface area contributed by atoms with Crippen molar-refractivity contribution in [3.05, 3.63) is 33.9 Å². The molecule has 0 bridgehead atoms. The Kier molecular flexibility index (Phi) is 5.25. The molecule has 0 fully saturated rings. The highest BCUT2D eigenvalue weighted by Gasteiger charge is 2.24. The summed E-state index contributed by atoms with van der Waals surface area (Å²) in [6, 6.07) is 4.17. The Morgan fingerprint density at radius 3 is 2.79 bits per heavy atom. The second kappa shape index (κ2) is 6.69. The maximum absolute atomic E-state index is 12.0. The molecule has 0 spiro atoms. The van der Waals surface area contributed by atoms with E-state index in [1.54, 1.807) is 6.92 Å². The summed E-state index contributed by atoms with van der Waals surface area (Å²) in [5.74, 6) is -0.450. The average Bonchev–Trinajstić information content (AvgIpc) is 2.36. The number of methoxy groups -OCH3 is 1. The van der Waals surface area contributed by atoms with Crippen LogP contribution in [0, 0.1) is 10.1 Å². The van der Waals surface area contributed by atoms with Gasteiger partial charge in [0.2, 0.25) is 0 Å². The lowest BCUT2D eigenvalue weighted by Crippen LogP contribution is -2.27. The van der Waals surface area contributed by atoms with Gasteiger partial charge in [0.05, 0.1) is 18.1 Å². The molecule has 19 heavy (non-hydrogen) atoms. The SMILES string of the molecule is COc1cccc([N+](=O)[O-])c1C(=O)NCCC(C)O. The first-order chi connectivity index (χ1) is 8.97. The van der Waals surface area contributed by atoms with Crippen LogP contribution in [0.5, 0.6) is 5.75 Å². The smallest absolute Gasteiger partial charge is 0.285 e. The molecule has 7 nitrogen and oxygen atoms in total. The van der Waals surface area contributed by atoms with E-state index in [0.29, 0.717) is 6.42 Å². The average molecular weight is 268 g/mol. The predicted octanol–water partition coefficient (Wildman–Crippen LogP) is 1.10. The van der Waals surface area contributed by atoms with Gasteiger partial charge in [-0.15, -0.1) is 0 Å². The molecular weight excluding hydrogens is 252 g/mol. The van der Waals surface area contributed by atoms with Crippen LogP contribution in [0.4, 0.5) is 5.69 Å². The monoisotopic (exact) mass is 268 g/mol. The summed E-state index contributed by atoms with van der Waals surface area (Å²) < 4.78 is 4.97. The fourth-order valence-electron chi connectivity index (χ4n) is 1.55. The summed E-state index contributed by atoms with van der Waals surface area (Å²) >= 11 is 0. The number of rotatable bonds is 6. The maximum atomic E-state index is 12.0. The number of aliphatic hydroxyl groups is 1. The fourth-order valence-corrected chi connectivity index (χ4v) is 1.55. The summed E-state index contributed by atoms with van der Waals surface area (Å²) in [4.78, 5) is 22.2. The molecule has 2 N–H and O–H groups in total. The zero-order chi connectivity index (χ0) is 14.4. The number of benzene rings is 1. The Balaban J connectivity index is 2.96. The van der Waals surface area contributed by atoms with Gasteiger partial charge in [0.25, 0.3) is 11.6 Å². The predicted molar refractivity (Wildman–Crippen MR) is 68.3 cm³/mol. The van der Waals surface area contributed by atoms with Crippen molar-refractivity contribution in [1.29, 1.82) is 0 Å². The topological polar surface area (TPSA) is 102 Å². The molecule has 0 heterocycles. The van der Waals surface area contributed by atoms with Crippen molar-refractivity contribution in [2.24, 2.45) is 0 Å². The first-order valence-corrected chi connectivity index (χ1v) is 5.75. The van der Waals surface area contributed by atoms with Crippen LogP contribution in [0.3, 0.4) is 0 Å². The molecule has 7 heteroatoms. The number of nitro benzene ring substituents is 1. The quantitative estimate of drug-likeness (QED) is 0.594. The number of hydrogen-bond donors (Lipinski definition) is 2. The van der Waals surface area contributed by atoms with E-state index in [0.717, 1.165) is 0 Å². The van der Waals surface area contributed by atoms with E-state index in [1.165, 1.54) is 25.3 Å². The molecule has 1 aromatic carbocycles. The lowest BCUT2D eigenvalue weighted by Gasteiger charge is -2.10. The van der Waals surface area contributed by atoms with Crippen molar-refractivity contribution in [2.75, 3.05) is 13.7 Å². The van der Waals surface area contributed by atoms with Crippen LogP contribution in [0.1, 0.15) is 23.7 Å². The number of amides is 1. The number of nitrogens with one attached hydrogen (secondary N) is 1. The molecule has 1 atom stereocenters. The second-order valence-electron chi connectivity index (χ2n) is 4.01. The standard InChI is InChI=1S/C12H16N2O5/c1-8(15)6-7-13-12(16)11-9(14(17)18)4-3-5-10(11)19-2/h3-5,8,15H,6-7H2,1-2H3,(H,13,16). The molecule has 0 aliphatic rings. The zero-order valence-electron chi connectivity index (χ0n) is 10.8. The molecule has 0 radical (unpaired) electrons. The number of hydrogen-bond acceptors (Lipinski definition) is 5. The zero-order valence-corrected chi connectivity index (χ0v) is 10.8. The van der Waals surface area contributed by atoms with Gasteiger partial charge in [-0.2, -0.15) is 0 Å². The largest absolute Gasteiger partial charge is 0.496 e. The van der Waals surface area contributed by atoms with Crippen molar-refractivity contribution in [2.45, 2.75) is 19.4 Å². The molecule has 1 amide bonds. The summed E-state index contributed by atoms with van der Waals surface area (Å²) in [6.45, 7) is 1.82. The van der Waals surface area contributed by atoms with Crippen LogP contribution < -0.4 is 10.1 Å². The number of nitro groups is 1. The van der Waals surface area contributed by atoms with E-state index in [9.17, 15) is 14.9 Å². The number of ether oxygens (including phenoxy) is 1. The minimum absolute atomic E-state index is 0.111. The third kappa shape index (κ3) is 3.92. The fraction of sp³-hybridized carbons (Fsp3) is 0.417. The molecule has 1 rings (SSSR count). The lowest BCUT2D eigenvalue weighted by molar-refractivity contribution is -0.385. The van der Waals surface area contributed by atoms with Gasteiger partial charge in [0.15, 0.2) is 5.56 Å². The van der Waals surface area contributed by atoms with Gasteiger partial charge in [0, 0.05) is 12.6 Å². The molecule has 104 valence electrons. The Hall–Kier alpha value is -2.15. The Labute approximate surface area is 110 Å². The minimum atomic E-state index is -0.633. The molecular formula is C12H16N2O5. The van der Waals surface area contributed by atoms with Crippen LogP contribution in [0.2, 0.25) is 0 Å². The second-order valence-corrected chi connectivity index (χ2v) is 4.01. The van der Waals surface area contributed by atoms with Crippen LogP contribution >= 0.6 is 0 Å². The van der Waals surface area contributed by atoms with E-state index in [-0.39, 0.29) is 23.5 Å². The van der Waals surface area contributed by atoms with E-state index < -0.39 is 16.9 Å². The third-order valence-electron chi connectivity index (χ3n) is 2.50. The first kappa shape index (κ1) is 14.9. The van der Waals surface area contributed by atoms with Crippen molar-refractivity contribution in [1.82, 2.24) is 5.32 Å². The van der Waals surface area contributed by atoms with Crippen LogP contribution in [-0.2, 0) is 0 Å². The number of aliphatic hydroxyl groups excluding tert-OH is 1. The number of carbonyl (C=O) groups is 1. The molecule has 0 saturated heterocycles. The van der Waals surface area contributed by atoms with Gasteiger partial charge in [-0.1, -0.05) is 6.07 Å². The molecule has 1 unspecified atom stereocenters. The van der Waals surface area contributed by atoms with Crippen LogP contribution in [0.25, 0.3) is 0 Å². The van der Waals surface area contributed by atoms with Gasteiger partial charge in [-0.05, 0) is 19.4 Å². The number of nitrogens with zero attached hydrogens (tertiary/aromatic N) is 1. The highest BCUT2D eigenvalue weighted by molar-refractivity contribution is 6.00. The Bertz CT molecular complexity index is 473. The summed E-state index contributed by atoms with van der Waals surface area (Å²) in [7, 11) is 1.34. The Morgan fingerprint density at radius 1 is 1.58 bits per heavy atom. The summed E-state index contributed by atoms with van der Waals surface area (Å²) in [6.07, 6.45) is -0.178. The van der Waals surface area contributed by atoms with Crippen LogP contribution in [0.15, 0.2) is 18.2 Å². The highest BCUT2D eigenvalue weighted by Crippen LogP contribution is 2.27. The summed E-state index contributed by atoms with van der Waals surface area (Å²) in [5.41, 5.74) is -0.422. The van der Waals surface area contributed by atoms with Gasteiger partial charge >= 0.3 is 0 Å². The maximum Gasteiger partial charge on any atom is 0.285 e. The van der Waals surface area contributed by atoms with Crippen molar-refractivity contribution in [3.63, 3.8) is 0 Å². The Morgan fingerprint density at radius 2 is 2.26 bits per heavy atom. The van der Waals surface area contributed by atoms with Crippen molar-refractivity contribution < 1.29 is 19.6 Å². The van der Waals surface area contributed by atoms with Crippen molar-refractivity contribution in [3.8, 4) is 5.75 Å². The minimum Gasteiger partial charge on any atom is -0.496 e. The van der Waals surface area contributed by atoms with Gasteiger partial charge in [-0.3, -0.25) is 14.9 Å². The van der Waals surface area contributed by atoms with Gasteiger partial charge in [-0.25, -0.2) is 0 Å². The normalized spacial score (nSPS) is 11.7. The van der Waals surface area contributed by atoms with E-state index in [4.69, 9.17) is 9.84 Å². The first-order valence-electron chi connectivity index (χ1n) is 5.75. The van der Waals surface area contributed by atoms with E-state index in [1.807, 2.05) is 0 Å². The lowest BCUT2D eigenvalue weighted by atomic mass is 10.1. The molecule has 0 aromatic heterocycles. The van der Waals surface area contributed by atoms with E-state index >= 15 is 0 Å². The summed E-state index contributed by atoms with van der Waals surface area (Å²) in [5, 5.41) is 22.5. The number of carbonyl (C=O) groups excluding carboxylic acids is 1. The van der Waals surface area contributed by atoms with E-state index in [2.05, 4.69) is 5.32 Å². The highest BCUT2D eigenvalue weighted by atomic mass is 16.6.